The van der Waals surface area contributed by atoms with Crippen molar-refractivity contribution in [3.8, 4) is 5.75 Å². The zero-order valence-corrected chi connectivity index (χ0v) is 25.4. The molecule has 0 aliphatic carbocycles. The van der Waals surface area contributed by atoms with Crippen LogP contribution in [0.5, 0.6) is 5.75 Å². The number of aliphatic hydroxyl groups excluding tert-OH is 1. The summed E-state index contributed by atoms with van der Waals surface area (Å²) in [6.45, 7) is 1.77. The highest BCUT2D eigenvalue weighted by atomic mass is 32.2. The van der Waals surface area contributed by atoms with Crippen molar-refractivity contribution >= 4 is 21.6 Å². The number of nitrogens with one attached hydrogen (secondary N) is 2. The number of aliphatic imine (C=N–C) groups is 1. The molecular weight excluding hydrogens is 568 g/mol. The Morgan fingerprint density at radius 1 is 1.00 bits per heavy atom. The molecule has 43 heavy (non-hydrogen) atoms. The Hall–Kier alpha value is -3.77. The van der Waals surface area contributed by atoms with E-state index in [2.05, 4.69) is 15.8 Å². The van der Waals surface area contributed by atoms with Gasteiger partial charge in [0.1, 0.15) is 5.75 Å². The molecule has 2 atom stereocenters. The minimum absolute atomic E-state index is 0.0399. The number of ether oxygens (including phenoxy) is 2. The van der Waals surface area contributed by atoms with Crippen molar-refractivity contribution in [1.29, 1.82) is 0 Å². The summed E-state index contributed by atoms with van der Waals surface area (Å²) in [6.07, 6.45) is 0.325. The molecule has 0 bridgehead atoms. The number of hydrazine groups is 1. The number of carbonyl (C=O) groups is 1. The van der Waals surface area contributed by atoms with Crippen LogP contribution in [0.25, 0.3) is 0 Å². The lowest BCUT2D eigenvalue weighted by Gasteiger charge is -2.30. The normalized spacial score (nSPS) is 18.2. The first-order valence-corrected chi connectivity index (χ1v) is 16.0. The summed E-state index contributed by atoms with van der Waals surface area (Å²) in [7, 11) is 0.227. The summed E-state index contributed by atoms with van der Waals surface area (Å²) in [5, 5.41) is 9.02. The Bertz CT molecular complexity index is 1450. The summed E-state index contributed by atoms with van der Waals surface area (Å²) in [4.78, 5) is 21.2. The largest absolute Gasteiger partial charge is 0.494 e. The summed E-state index contributed by atoms with van der Waals surface area (Å²) in [5.74, 6) is 0.0611. The van der Waals surface area contributed by atoms with Crippen molar-refractivity contribution in [3.05, 3.63) is 96.1 Å². The van der Waals surface area contributed by atoms with Gasteiger partial charge in [-0.15, -0.1) is 0 Å². The van der Waals surface area contributed by atoms with E-state index in [1.165, 1.54) is 0 Å². The van der Waals surface area contributed by atoms with E-state index in [1.54, 1.807) is 54.6 Å². The quantitative estimate of drug-likeness (QED) is 0.167. The van der Waals surface area contributed by atoms with Gasteiger partial charge in [-0.2, -0.15) is 0 Å². The second-order valence-corrected chi connectivity index (χ2v) is 12.7. The molecule has 1 aliphatic heterocycles. The highest BCUT2D eigenvalue weighted by Gasteiger charge is 2.53. The molecule has 0 radical (unpaired) electrons. The number of hydrogen-bond acceptors (Lipinski definition) is 9. The summed E-state index contributed by atoms with van der Waals surface area (Å²) < 4.78 is 38.8. The van der Waals surface area contributed by atoms with Gasteiger partial charge in [0.25, 0.3) is 5.91 Å². The number of amides is 1. The Morgan fingerprint density at radius 2 is 1.67 bits per heavy atom. The molecule has 230 valence electrons. The third-order valence-corrected chi connectivity index (χ3v) is 8.83. The van der Waals surface area contributed by atoms with Gasteiger partial charge in [-0.1, -0.05) is 48.5 Å². The minimum atomic E-state index is -3.73. The Kier molecular flexibility index (Phi) is 11.3. The van der Waals surface area contributed by atoms with Crippen LogP contribution in [0.2, 0.25) is 0 Å². The van der Waals surface area contributed by atoms with Crippen LogP contribution in [0.1, 0.15) is 36.5 Å². The fourth-order valence-electron chi connectivity index (χ4n) is 4.77. The van der Waals surface area contributed by atoms with Gasteiger partial charge in [0, 0.05) is 31.6 Å². The molecule has 0 saturated carbocycles. The van der Waals surface area contributed by atoms with E-state index in [0.717, 1.165) is 13.0 Å². The molecule has 1 amide bonds. The fourth-order valence-corrected chi connectivity index (χ4v) is 6.16. The summed E-state index contributed by atoms with van der Waals surface area (Å²) in [5.41, 5.74) is 5.53. The third-order valence-electron chi connectivity index (χ3n) is 7.10. The molecule has 0 unspecified atom stereocenters. The fraction of sp³-hybridized carbons (Fsp3) is 0.375. The average molecular weight is 609 g/mol. The first-order chi connectivity index (χ1) is 20.7. The smallest absolute Gasteiger partial charge is 0.266 e. The second-order valence-electron chi connectivity index (χ2n) is 10.6. The maximum atomic E-state index is 14.1. The number of benzene rings is 3. The highest BCUT2D eigenvalue weighted by Crippen LogP contribution is 2.43. The van der Waals surface area contributed by atoms with Crippen molar-refractivity contribution in [2.24, 2.45) is 4.99 Å². The molecular formula is C32H40N4O6S. The van der Waals surface area contributed by atoms with Gasteiger partial charge in [-0.25, -0.2) is 18.8 Å². The Morgan fingerprint density at radius 3 is 2.33 bits per heavy atom. The Balaban J connectivity index is 1.68. The van der Waals surface area contributed by atoms with Crippen LogP contribution in [0.4, 0.5) is 0 Å². The lowest BCUT2D eigenvalue weighted by molar-refractivity contribution is -0.130. The van der Waals surface area contributed by atoms with Gasteiger partial charge in [-0.05, 0) is 69.0 Å². The maximum absolute atomic E-state index is 14.1. The number of aliphatic hydroxyl groups is 1. The molecule has 0 spiro atoms. The van der Waals surface area contributed by atoms with Gasteiger partial charge in [0.2, 0.25) is 5.90 Å². The third kappa shape index (κ3) is 8.41. The van der Waals surface area contributed by atoms with Gasteiger partial charge in [-0.3, -0.25) is 10.2 Å². The van der Waals surface area contributed by atoms with Gasteiger partial charge < -0.3 is 19.5 Å². The molecule has 3 aromatic rings. The lowest BCUT2D eigenvalue weighted by atomic mass is 9.85. The topological polar surface area (TPSA) is 130 Å². The number of rotatable bonds is 16. The van der Waals surface area contributed by atoms with Crippen LogP contribution in [-0.2, 0) is 19.4 Å². The van der Waals surface area contributed by atoms with E-state index < -0.39 is 27.4 Å². The number of carbonyl (C=O) groups excluding carboxylic acids is 1. The van der Waals surface area contributed by atoms with E-state index in [-0.39, 0.29) is 29.6 Å². The van der Waals surface area contributed by atoms with Crippen LogP contribution in [0.15, 0.2) is 94.8 Å². The van der Waals surface area contributed by atoms with Crippen LogP contribution in [0, 0.1) is 0 Å². The Labute approximate surface area is 253 Å². The van der Waals surface area contributed by atoms with Crippen molar-refractivity contribution in [2.75, 3.05) is 46.2 Å². The molecule has 0 saturated heterocycles. The average Bonchev–Trinajstić information content (AvgIpc) is 3.42. The molecule has 11 heteroatoms. The molecule has 0 aromatic heterocycles. The first kappa shape index (κ1) is 32.2. The lowest BCUT2D eigenvalue weighted by Crippen LogP contribution is -2.53. The van der Waals surface area contributed by atoms with Crippen LogP contribution >= 0.6 is 0 Å². The zero-order valence-electron chi connectivity index (χ0n) is 24.6. The predicted molar refractivity (Wildman–Crippen MR) is 166 cm³/mol. The SMILES string of the molecule is CN(C)CCCNNC(=O)[C@@]1(CCS(=O)(=O)c2ccccc2)N=C(c2ccc(OCCCO)cc2)O[C@H]1c1ccccc1. The van der Waals surface area contributed by atoms with Crippen molar-refractivity contribution in [2.45, 2.75) is 35.8 Å². The van der Waals surface area contributed by atoms with Gasteiger partial charge in [0.15, 0.2) is 21.5 Å². The zero-order chi connectivity index (χ0) is 30.7. The molecule has 1 aliphatic rings. The first-order valence-electron chi connectivity index (χ1n) is 14.4. The maximum Gasteiger partial charge on any atom is 0.266 e. The standard InChI is InChI=1S/C32H40N4O6S/c1-36(2)21-9-20-33-35-31(38)32(19-24-43(39,40)28-13-7-4-8-14-28)29(25-11-5-3-6-12-25)42-30(34-32)26-15-17-27(18-16-26)41-23-10-22-37/h3-8,11-18,29,33,37H,9-10,19-24H2,1-2H3,(H,35,38)/t29-,32-/m0/s1. The molecule has 10 nitrogen and oxygen atoms in total. The van der Waals surface area contributed by atoms with Crippen molar-refractivity contribution in [3.63, 3.8) is 0 Å². The summed E-state index contributed by atoms with van der Waals surface area (Å²) in [6, 6.07) is 24.5. The van der Waals surface area contributed by atoms with Gasteiger partial charge in [0.05, 0.1) is 17.3 Å². The van der Waals surface area contributed by atoms with E-state index >= 15 is 0 Å². The van der Waals surface area contributed by atoms with E-state index in [9.17, 15) is 13.2 Å². The van der Waals surface area contributed by atoms with Gasteiger partial charge >= 0.3 is 0 Å². The monoisotopic (exact) mass is 608 g/mol. The molecule has 0 fully saturated rings. The van der Waals surface area contributed by atoms with E-state index in [4.69, 9.17) is 19.6 Å². The van der Waals surface area contributed by atoms with Crippen LogP contribution in [0.3, 0.4) is 0 Å². The predicted octanol–water partition coefficient (Wildman–Crippen LogP) is 3.14. The molecule has 3 aromatic carbocycles. The van der Waals surface area contributed by atoms with Crippen molar-refractivity contribution in [1.82, 2.24) is 15.8 Å². The number of sulfone groups is 1. The number of nitrogens with zero attached hydrogens (tertiary/aromatic N) is 2. The van der Waals surface area contributed by atoms with Crippen LogP contribution in [-0.4, -0.2) is 81.9 Å². The second kappa shape index (κ2) is 15.1. The summed E-state index contributed by atoms with van der Waals surface area (Å²) >= 11 is 0. The number of hydrogen-bond donors (Lipinski definition) is 3. The molecule has 3 N–H and O–H groups in total. The van der Waals surface area contributed by atoms with E-state index in [1.807, 2.05) is 44.4 Å². The van der Waals surface area contributed by atoms with Crippen LogP contribution < -0.4 is 15.6 Å². The van der Waals surface area contributed by atoms with E-state index in [0.29, 0.717) is 36.4 Å². The minimum Gasteiger partial charge on any atom is -0.494 e. The highest BCUT2D eigenvalue weighted by molar-refractivity contribution is 7.91. The molecule has 4 rings (SSSR count). The molecule has 1 heterocycles. The van der Waals surface area contributed by atoms with Crippen molar-refractivity contribution < 1.29 is 27.8 Å².